The molecule has 0 aromatic rings. The molecule has 0 fully saturated rings. The van der Waals surface area contributed by atoms with Crippen LogP contribution in [0.2, 0.25) is 0 Å². The zero-order chi connectivity index (χ0) is 36.7. The summed E-state index contributed by atoms with van der Waals surface area (Å²) in [6, 6.07) is 0. The Kier molecular flexibility index (Phi) is 22.2. The van der Waals surface area contributed by atoms with Gasteiger partial charge >= 0.3 is 17.4 Å². The molecule has 0 heterocycles. The first kappa shape index (κ1) is 48.9. The Morgan fingerprint density at radius 1 is 0.370 bits per heavy atom. The fraction of sp³-hybridized carbons (Fsp3) is 0.600. The Bertz CT molecular complexity index is 1060. The minimum atomic E-state index is -1.81. The second-order valence-corrected chi connectivity index (χ2v) is 10.0. The van der Waals surface area contributed by atoms with E-state index in [0.717, 1.165) is 41.5 Å². The van der Waals surface area contributed by atoms with Gasteiger partial charge in [-0.2, -0.15) is 0 Å². The quantitative estimate of drug-likeness (QED) is 0.107. The number of ketones is 9. The van der Waals surface area contributed by atoms with E-state index in [0.29, 0.717) is 0 Å². The van der Waals surface area contributed by atoms with Crippen molar-refractivity contribution in [2.45, 2.75) is 101 Å². The summed E-state index contributed by atoms with van der Waals surface area (Å²) in [6.45, 7) is 11.1. The number of Topliss-reactive ketones (excluding diaryl/α,β-unsaturated/α-hetero) is 9. The molecule has 0 rings (SSSR count). The van der Waals surface area contributed by atoms with Crippen LogP contribution in [0, 0.1) is 16.2 Å². The number of carbonyl (C=O) groups excluding carboxylic acids is 12. The Balaban J connectivity index is -0.000000285. The van der Waals surface area contributed by atoms with E-state index < -0.39 is 105 Å². The molecule has 0 radical (unpaired) electrons. The maximum atomic E-state index is 11.5. The van der Waals surface area contributed by atoms with Crippen molar-refractivity contribution >= 4 is 87.3 Å². The summed E-state index contributed by atoms with van der Waals surface area (Å²) in [5, 5.41) is 30.8. The fourth-order valence-corrected chi connectivity index (χ4v) is 4.85. The summed E-state index contributed by atoms with van der Waals surface area (Å²) in [7, 11) is 0. The minimum Gasteiger partial charge on any atom is -0.550 e. The number of hydrogen-bond donors (Lipinski definition) is 0. The third-order valence-electron chi connectivity index (χ3n) is 7.54. The van der Waals surface area contributed by atoms with E-state index in [-0.39, 0.29) is 36.6 Å². The molecule has 0 saturated carbocycles. The number of aliphatic carboxylic acids is 3. The van der Waals surface area contributed by atoms with Gasteiger partial charge < -0.3 is 29.7 Å². The summed E-state index contributed by atoms with van der Waals surface area (Å²) in [4.78, 5) is 133. The molecular formula is C30H39AlO15. The molecule has 0 spiro atoms. The van der Waals surface area contributed by atoms with Crippen LogP contribution >= 0.6 is 0 Å². The Hall–Kier alpha value is -4.03. The van der Waals surface area contributed by atoms with Crippen LogP contribution < -0.4 is 15.3 Å². The third-order valence-corrected chi connectivity index (χ3v) is 7.54. The molecule has 0 amide bonds. The van der Waals surface area contributed by atoms with E-state index in [9.17, 15) is 72.9 Å². The summed E-state index contributed by atoms with van der Waals surface area (Å²) < 4.78 is 0. The molecule has 0 unspecified atom stereocenters. The van der Waals surface area contributed by atoms with Crippen LogP contribution in [0.4, 0.5) is 0 Å². The molecule has 0 aromatic heterocycles. The van der Waals surface area contributed by atoms with Crippen molar-refractivity contribution in [2.24, 2.45) is 16.2 Å². The van der Waals surface area contributed by atoms with Crippen LogP contribution in [-0.2, 0) is 57.5 Å². The van der Waals surface area contributed by atoms with Gasteiger partial charge in [-0.25, -0.2) is 0 Å². The first-order valence-corrected chi connectivity index (χ1v) is 13.6. The van der Waals surface area contributed by atoms with Gasteiger partial charge in [0.2, 0.25) is 0 Å². The Morgan fingerprint density at radius 2 is 0.500 bits per heavy atom. The van der Waals surface area contributed by atoms with Crippen molar-refractivity contribution in [3.63, 3.8) is 0 Å². The average molecular weight is 667 g/mol. The van der Waals surface area contributed by atoms with Crippen molar-refractivity contribution in [2.75, 3.05) is 0 Å². The van der Waals surface area contributed by atoms with Gasteiger partial charge in [0.1, 0.15) is 16.2 Å². The van der Waals surface area contributed by atoms with E-state index in [2.05, 4.69) is 0 Å². The van der Waals surface area contributed by atoms with Gasteiger partial charge in [-0.1, -0.05) is 20.8 Å². The molecular weight excluding hydrogens is 627 g/mol. The summed E-state index contributed by atoms with van der Waals surface area (Å²) in [6.07, 6.45) is -2.80. The van der Waals surface area contributed by atoms with E-state index in [1.807, 2.05) is 0 Å². The summed E-state index contributed by atoms with van der Waals surface area (Å²) in [5.41, 5.74) is -5.42. The Labute approximate surface area is 277 Å². The standard InChI is InChI=1S/3C10H14O5.Al/c3*1-4-10(6(2)11,7(3)12)8(13)5-9(14)15;/h3*4-5H2,1-3H3,(H,14,15);/q;;;+3/p-3. The van der Waals surface area contributed by atoms with Gasteiger partial charge in [0.05, 0.1) is 0 Å². The number of carbonyl (C=O) groups is 12. The predicted octanol–water partition coefficient (Wildman–Crippen LogP) is -2.57. The smallest absolute Gasteiger partial charge is 0.550 e. The summed E-state index contributed by atoms with van der Waals surface area (Å²) >= 11 is 0. The van der Waals surface area contributed by atoms with E-state index in [4.69, 9.17) is 0 Å². The number of rotatable bonds is 18. The van der Waals surface area contributed by atoms with Crippen LogP contribution in [-0.4, -0.2) is 87.3 Å². The third kappa shape index (κ3) is 12.1. The second-order valence-electron chi connectivity index (χ2n) is 10.0. The maximum Gasteiger partial charge on any atom is 3.00 e. The van der Waals surface area contributed by atoms with Crippen LogP contribution in [0.15, 0.2) is 0 Å². The van der Waals surface area contributed by atoms with Crippen molar-refractivity contribution < 1.29 is 72.9 Å². The predicted molar refractivity (Wildman–Crippen MR) is 152 cm³/mol. The number of carboxylic acid groups (broad SMARTS) is 3. The molecule has 252 valence electrons. The van der Waals surface area contributed by atoms with Gasteiger partial charge in [-0.15, -0.1) is 0 Å². The largest absolute Gasteiger partial charge is 3.00 e. The SMILES string of the molecule is CCC(C(C)=O)(C(C)=O)C(=O)CC(=O)[O-].CCC(C(C)=O)(C(C)=O)C(=O)CC(=O)[O-].CCC(C(C)=O)(C(C)=O)C(=O)CC(=O)[O-].[Al+3]. The molecule has 16 heteroatoms. The van der Waals surface area contributed by atoms with Gasteiger partial charge in [-0.3, -0.25) is 43.2 Å². The van der Waals surface area contributed by atoms with Gasteiger partial charge in [0.15, 0.2) is 52.0 Å². The van der Waals surface area contributed by atoms with Crippen LogP contribution in [0.1, 0.15) is 101 Å². The fourth-order valence-electron chi connectivity index (χ4n) is 4.85. The van der Waals surface area contributed by atoms with Crippen molar-refractivity contribution in [1.29, 1.82) is 0 Å². The minimum absolute atomic E-state index is 0. The van der Waals surface area contributed by atoms with Gasteiger partial charge in [-0.05, 0) is 60.8 Å². The molecule has 0 aliphatic heterocycles. The second kappa shape index (κ2) is 20.9. The first-order chi connectivity index (χ1) is 20.4. The molecule has 0 saturated heterocycles. The maximum absolute atomic E-state index is 11.5. The van der Waals surface area contributed by atoms with E-state index in [1.54, 1.807) is 0 Å². The molecule has 0 atom stereocenters. The van der Waals surface area contributed by atoms with Crippen molar-refractivity contribution in [1.82, 2.24) is 0 Å². The molecule has 46 heavy (non-hydrogen) atoms. The molecule has 15 nitrogen and oxygen atoms in total. The number of hydrogen-bond acceptors (Lipinski definition) is 15. The molecule has 0 aliphatic carbocycles. The normalized spacial score (nSPS) is 10.6. The van der Waals surface area contributed by atoms with Crippen molar-refractivity contribution in [3.8, 4) is 0 Å². The van der Waals surface area contributed by atoms with E-state index in [1.165, 1.54) is 20.8 Å². The van der Waals surface area contributed by atoms with Crippen molar-refractivity contribution in [3.05, 3.63) is 0 Å². The zero-order valence-corrected chi connectivity index (χ0v) is 28.6. The average Bonchev–Trinajstić information content (AvgIpc) is 2.84. The zero-order valence-electron chi connectivity index (χ0n) is 27.4. The van der Waals surface area contributed by atoms with E-state index >= 15 is 0 Å². The van der Waals surface area contributed by atoms with Crippen LogP contribution in [0.3, 0.4) is 0 Å². The van der Waals surface area contributed by atoms with Crippen LogP contribution in [0.5, 0.6) is 0 Å². The summed E-state index contributed by atoms with van der Waals surface area (Å²) in [5.74, 6) is -11.2. The first-order valence-electron chi connectivity index (χ1n) is 13.6. The molecule has 0 bridgehead atoms. The molecule has 0 N–H and O–H groups in total. The van der Waals surface area contributed by atoms with Gasteiger partial charge in [0.25, 0.3) is 0 Å². The van der Waals surface area contributed by atoms with Gasteiger partial charge in [0, 0.05) is 37.2 Å². The topological polar surface area (TPSA) is 274 Å². The molecule has 0 aliphatic rings. The number of carboxylic acids is 3. The monoisotopic (exact) mass is 666 g/mol. The molecule has 0 aromatic carbocycles. The van der Waals surface area contributed by atoms with Crippen LogP contribution in [0.25, 0.3) is 0 Å². The Morgan fingerprint density at radius 3 is 0.565 bits per heavy atom.